The van der Waals surface area contributed by atoms with Gasteiger partial charge in [0, 0.05) is 35.0 Å². The van der Waals surface area contributed by atoms with E-state index in [-0.39, 0.29) is 17.1 Å². The van der Waals surface area contributed by atoms with Gasteiger partial charge in [0.1, 0.15) is 17.4 Å². The van der Waals surface area contributed by atoms with Crippen molar-refractivity contribution in [2.45, 2.75) is 6.92 Å². The van der Waals surface area contributed by atoms with Crippen LogP contribution in [0.25, 0.3) is 10.2 Å². The Hall–Kier alpha value is -3.59. The molecule has 0 aliphatic rings. The number of aryl methyl sites for hydroxylation is 1. The molecule has 0 atom stereocenters. The number of carbonyl (C=O) groups is 1. The van der Waals surface area contributed by atoms with Crippen molar-refractivity contribution in [2.24, 2.45) is 0 Å². The number of hydrogen-bond acceptors (Lipinski definition) is 4. The molecule has 0 saturated heterocycles. The van der Waals surface area contributed by atoms with Crippen molar-refractivity contribution >= 4 is 39.0 Å². The molecule has 0 spiro atoms. The molecule has 5 nitrogen and oxygen atoms in total. The van der Waals surface area contributed by atoms with Gasteiger partial charge in [-0.05, 0) is 37.3 Å². The molecule has 30 heavy (non-hydrogen) atoms. The normalized spacial score (nSPS) is 10.8. The smallest absolute Gasteiger partial charge is 0.323 e. The molecular formula is C21H14F3N3O2S. The van der Waals surface area contributed by atoms with Crippen LogP contribution in [0.3, 0.4) is 0 Å². The van der Waals surface area contributed by atoms with Gasteiger partial charge in [0.05, 0.1) is 15.9 Å². The number of carbonyl (C=O) groups excluding carboxylic acids is 1. The maximum atomic E-state index is 14.5. The number of nitrogens with zero attached hydrogens (tertiary/aromatic N) is 1. The van der Waals surface area contributed by atoms with E-state index in [1.807, 2.05) is 13.0 Å². The van der Waals surface area contributed by atoms with Crippen LogP contribution in [0.4, 0.5) is 29.3 Å². The largest absolute Gasteiger partial charge is 0.453 e. The lowest BCUT2D eigenvalue weighted by Gasteiger charge is -2.11. The number of aromatic nitrogens is 1. The van der Waals surface area contributed by atoms with E-state index in [9.17, 15) is 18.0 Å². The van der Waals surface area contributed by atoms with Crippen LogP contribution in [0.5, 0.6) is 11.5 Å². The summed E-state index contributed by atoms with van der Waals surface area (Å²) in [5, 5.41) is 4.53. The Balaban J connectivity index is 1.49. The average molecular weight is 429 g/mol. The first kappa shape index (κ1) is 19.7. The van der Waals surface area contributed by atoms with E-state index < -0.39 is 23.5 Å². The Bertz CT molecular complexity index is 1260. The minimum absolute atomic E-state index is 0.0318. The fourth-order valence-electron chi connectivity index (χ4n) is 2.77. The summed E-state index contributed by atoms with van der Waals surface area (Å²) in [6.45, 7) is 1.94. The van der Waals surface area contributed by atoms with Gasteiger partial charge < -0.3 is 15.4 Å². The van der Waals surface area contributed by atoms with Gasteiger partial charge in [0.15, 0.2) is 11.6 Å². The zero-order valence-corrected chi connectivity index (χ0v) is 16.3. The Kier molecular flexibility index (Phi) is 5.28. The van der Waals surface area contributed by atoms with Gasteiger partial charge in [0.25, 0.3) is 0 Å². The molecular weight excluding hydrogens is 415 g/mol. The van der Waals surface area contributed by atoms with Crippen LogP contribution in [0.1, 0.15) is 4.88 Å². The van der Waals surface area contributed by atoms with Crippen molar-refractivity contribution in [1.29, 1.82) is 0 Å². The SMILES string of the molecule is Cc1cc2nccc(Oc3ccc(NC(=O)Nc4cc(F)ccc4F)cc3F)c2s1. The molecule has 0 saturated carbocycles. The van der Waals surface area contributed by atoms with E-state index in [1.54, 1.807) is 12.3 Å². The van der Waals surface area contributed by atoms with Gasteiger partial charge in [-0.2, -0.15) is 0 Å². The van der Waals surface area contributed by atoms with Gasteiger partial charge in [-0.15, -0.1) is 11.3 Å². The molecule has 0 radical (unpaired) electrons. The van der Waals surface area contributed by atoms with Crippen LogP contribution in [0.15, 0.2) is 54.7 Å². The quantitative estimate of drug-likeness (QED) is 0.391. The summed E-state index contributed by atoms with van der Waals surface area (Å²) in [6.07, 6.45) is 1.58. The molecule has 0 aliphatic carbocycles. The lowest BCUT2D eigenvalue weighted by atomic mass is 10.2. The molecule has 2 aromatic carbocycles. The first-order valence-electron chi connectivity index (χ1n) is 8.74. The van der Waals surface area contributed by atoms with Gasteiger partial charge in [-0.25, -0.2) is 18.0 Å². The summed E-state index contributed by atoms with van der Waals surface area (Å²) in [5.74, 6) is -1.77. The van der Waals surface area contributed by atoms with Gasteiger partial charge in [-0.3, -0.25) is 4.98 Å². The van der Waals surface area contributed by atoms with E-state index in [0.717, 1.165) is 39.4 Å². The minimum atomic E-state index is -0.850. The molecule has 0 fully saturated rings. The summed E-state index contributed by atoms with van der Waals surface area (Å²) >= 11 is 1.49. The van der Waals surface area contributed by atoms with Gasteiger partial charge in [0.2, 0.25) is 0 Å². The number of ether oxygens (including phenoxy) is 1. The highest BCUT2D eigenvalue weighted by molar-refractivity contribution is 7.19. The van der Waals surface area contributed by atoms with Crippen LogP contribution in [-0.4, -0.2) is 11.0 Å². The first-order valence-corrected chi connectivity index (χ1v) is 9.56. The fraction of sp³-hybridized carbons (Fsp3) is 0.0476. The second-order valence-corrected chi connectivity index (χ2v) is 7.59. The Morgan fingerprint density at radius 3 is 2.60 bits per heavy atom. The van der Waals surface area contributed by atoms with E-state index in [2.05, 4.69) is 15.6 Å². The van der Waals surface area contributed by atoms with Crippen molar-refractivity contribution in [3.8, 4) is 11.5 Å². The van der Waals surface area contributed by atoms with Gasteiger partial charge in [-0.1, -0.05) is 0 Å². The van der Waals surface area contributed by atoms with Crippen molar-refractivity contribution in [1.82, 2.24) is 4.98 Å². The predicted octanol–water partition coefficient (Wildman–Crippen LogP) is 6.46. The summed E-state index contributed by atoms with van der Waals surface area (Å²) in [5.41, 5.74) is 0.539. The monoisotopic (exact) mass is 429 g/mol. The Morgan fingerprint density at radius 2 is 1.80 bits per heavy atom. The summed E-state index contributed by atoms with van der Waals surface area (Å²) in [7, 11) is 0. The van der Waals surface area contributed by atoms with Crippen molar-refractivity contribution < 1.29 is 22.7 Å². The molecule has 0 aliphatic heterocycles. The molecule has 0 unspecified atom stereocenters. The highest BCUT2D eigenvalue weighted by Crippen LogP contribution is 2.35. The third-order valence-corrected chi connectivity index (χ3v) is 5.14. The van der Waals surface area contributed by atoms with E-state index in [0.29, 0.717) is 5.75 Å². The molecule has 2 N–H and O–H groups in total. The average Bonchev–Trinajstić information content (AvgIpc) is 3.08. The number of nitrogens with one attached hydrogen (secondary N) is 2. The van der Waals surface area contributed by atoms with Crippen LogP contribution < -0.4 is 15.4 Å². The fourth-order valence-corrected chi connectivity index (χ4v) is 3.69. The number of halogens is 3. The van der Waals surface area contributed by atoms with E-state index in [1.165, 1.54) is 23.5 Å². The highest BCUT2D eigenvalue weighted by Gasteiger charge is 2.13. The third-order valence-electron chi connectivity index (χ3n) is 4.09. The Morgan fingerprint density at radius 1 is 0.967 bits per heavy atom. The van der Waals surface area contributed by atoms with Crippen LogP contribution in [-0.2, 0) is 0 Å². The highest BCUT2D eigenvalue weighted by atomic mass is 32.1. The maximum Gasteiger partial charge on any atom is 0.323 e. The predicted molar refractivity (Wildman–Crippen MR) is 110 cm³/mol. The number of benzene rings is 2. The zero-order chi connectivity index (χ0) is 21.3. The second kappa shape index (κ2) is 8.03. The van der Waals surface area contributed by atoms with Crippen LogP contribution in [0.2, 0.25) is 0 Å². The number of amides is 2. The lowest BCUT2D eigenvalue weighted by molar-refractivity contribution is 0.262. The van der Waals surface area contributed by atoms with E-state index >= 15 is 0 Å². The third kappa shape index (κ3) is 4.20. The summed E-state index contributed by atoms with van der Waals surface area (Å²) < 4.78 is 47.8. The van der Waals surface area contributed by atoms with Crippen LogP contribution >= 0.6 is 11.3 Å². The van der Waals surface area contributed by atoms with Crippen molar-refractivity contribution in [3.63, 3.8) is 0 Å². The molecule has 9 heteroatoms. The first-order chi connectivity index (χ1) is 14.4. The van der Waals surface area contributed by atoms with Crippen molar-refractivity contribution in [2.75, 3.05) is 10.6 Å². The number of rotatable bonds is 4. The number of urea groups is 1. The minimum Gasteiger partial charge on any atom is -0.453 e. The maximum absolute atomic E-state index is 14.5. The summed E-state index contributed by atoms with van der Waals surface area (Å²) in [6, 6.07) is 9.22. The molecule has 2 amide bonds. The molecule has 152 valence electrons. The molecule has 2 heterocycles. The number of anilines is 2. The number of pyridine rings is 1. The summed E-state index contributed by atoms with van der Waals surface area (Å²) in [4.78, 5) is 17.3. The molecule has 4 rings (SSSR count). The topological polar surface area (TPSA) is 63.2 Å². The number of fused-ring (bicyclic) bond motifs is 1. The molecule has 0 bridgehead atoms. The van der Waals surface area contributed by atoms with Gasteiger partial charge >= 0.3 is 6.03 Å². The van der Waals surface area contributed by atoms with Crippen molar-refractivity contribution in [3.05, 3.63) is 77.1 Å². The van der Waals surface area contributed by atoms with Crippen LogP contribution in [0, 0.1) is 24.4 Å². The Labute approximate surface area is 173 Å². The number of hydrogen-bond donors (Lipinski definition) is 2. The zero-order valence-electron chi connectivity index (χ0n) is 15.5. The molecule has 4 aromatic rings. The lowest BCUT2D eigenvalue weighted by Crippen LogP contribution is -2.20. The molecule has 2 aromatic heterocycles. The number of thiophene rings is 1. The second-order valence-electron chi connectivity index (χ2n) is 6.33. The van der Waals surface area contributed by atoms with E-state index in [4.69, 9.17) is 4.74 Å². The standard InChI is InChI=1S/C21H14F3N3O2S/c1-11-8-17-20(30-11)19(6-7-25-17)29-18-5-3-13(10-15(18)24)26-21(28)27-16-9-12(22)2-4-14(16)23/h2-10H,1H3,(H2,26,27,28).